The number of aromatic nitrogens is 6. The fourth-order valence-electron chi connectivity index (χ4n) is 3.80. The van der Waals surface area contributed by atoms with Gasteiger partial charge in [0.05, 0.1) is 5.56 Å². The molecule has 0 radical (unpaired) electrons. The SMILES string of the molecule is CNc1ncc(-c2nc3cc(-c4ncn(C)n4)ccc3o2)c2cc(NC(=O)C3CC3)ncc12. The maximum Gasteiger partial charge on any atom is 0.229 e. The average Bonchev–Trinajstić information content (AvgIpc) is 3.46. The minimum absolute atomic E-state index is 0.00354. The summed E-state index contributed by atoms with van der Waals surface area (Å²) in [6.07, 6.45) is 6.93. The highest BCUT2D eigenvalue weighted by Crippen LogP contribution is 2.35. The van der Waals surface area contributed by atoms with Gasteiger partial charge in [-0.05, 0) is 37.1 Å². The number of carbonyl (C=O) groups is 1. The van der Waals surface area contributed by atoms with Crippen molar-refractivity contribution in [1.29, 1.82) is 0 Å². The van der Waals surface area contributed by atoms with Gasteiger partial charge in [-0.3, -0.25) is 9.48 Å². The van der Waals surface area contributed by atoms with Gasteiger partial charge in [0, 0.05) is 48.7 Å². The van der Waals surface area contributed by atoms with E-state index in [4.69, 9.17) is 9.40 Å². The first kappa shape index (κ1) is 19.4. The minimum Gasteiger partial charge on any atom is -0.436 e. The molecular formula is C23H20N8O2. The van der Waals surface area contributed by atoms with Gasteiger partial charge >= 0.3 is 0 Å². The smallest absolute Gasteiger partial charge is 0.229 e. The number of anilines is 2. The van der Waals surface area contributed by atoms with Gasteiger partial charge < -0.3 is 15.1 Å². The van der Waals surface area contributed by atoms with Crippen LogP contribution < -0.4 is 10.6 Å². The van der Waals surface area contributed by atoms with Crippen LogP contribution in [0.25, 0.3) is 44.7 Å². The van der Waals surface area contributed by atoms with Crippen LogP contribution in [0.15, 0.2) is 47.4 Å². The van der Waals surface area contributed by atoms with E-state index in [-0.39, 0.29) is 11.8 Å². The van der Waals surface area contributed by atoms with Crippen LogP contribution in [-0.4, -0.2) is 42.7 Å². The second kappa shape index (κ2) is 7.37. The van der Waals surface area contributed by atoms with Gasteiger partial charge in [-0.1, -0.05) is 0 Å². The number of rotatable bonds is 5. The maximum absolute atomic E-state index is 12.2. The molecule has 4 heterocycles. The Morgan fingerprint density at radius 1 is 1.12 bits per heavy atom. The Bertz CT molecular complexity index is 1530. The number of nitrogens with one attached hydrogen (secondary N) is 2. The molecule has 5 aromatic rings. The van der Waals surface area contributed by atoms with Gasteiger partial charge in [-0.15, -0.1) is 0 Å². The third kappa shape index (κ3) is 3.45. The molecule has 33 heavy (non-hydrogen) atoms. The van der Waals surface area contributed by atoms with E-state index in [1.54, 1.807) is 30.5 Å². The molecule has 1 saturated carbocycles. The zero-order valence-electron chi connectivity index (χ0n) is 18.0. The van der Waals surface area contributed by atoms with Crippen LogP contribution in [0.4, 0.5) is 11.6 Å². The molecule has 1 aromatic carbocycles. The predicted molar refractivity (Wildman–Crippen MR) is 123 cm³/mol. The summed E-state index contributed by atoms with van der Waals surface area (Å²) in [4.78, 5) is 30.2. The zero-order valence-corrected chi connectivity index (χ0v) is 18.0. The van der Waals surface area contributed by atoms with E-state index in [0.717, 1.165) is 29.2 Å². The second-order valence-corrected chi connectivity index (χ2v) is 8.09. The van der Waals surface area contributed by atoms with E-state index in [1.165, 1.54) is 0 Å². The number of benzene rings is 1. The lowest BCUT2D eigenvalue weighted by atomic mass is 10.1. The Labute approximate surface area is 188 Å². The van der Waals surface area contributed by atoms with E-state index in [0.29, 0.717) is 40.0 Å². The topological polar surface area (TPSA) is 124 Å². The number of pyridine rings is 2. The summed E-state index contributed by atoms with van der Waals surface area (Å²) in [5.41, 5.74) is 2.90. The molecule has 0 aliphatic heterocycles. The Balaban J connectivity index is 1.45. The highest BCUT2D eigenvalue weighted by molar-refractivity contribution is 6.03. The van der Waals surface area contributed by atoms with Gasteiger partial charge in [0.1, 0.15) is 23.5 Å². The minimum atomic E-state index is 0.00354. The van der Waals surface area contributed by atoms with Gasteiger partial charge in [-0.2, -0.15) is 5.10 Å². The first-order chi connectivity index (χ1) is 16.1. The van der Waals surface area contributed by atoms with Crippen LogP contribution in [0.2, 0.25) is 0 Å². The quantitative estimate of drug-likeness (QED) is 0.425. The molecule has 6 rings (SSSR count). The summed E-state index contributed by atoms with van der Waals surface area (Å²) in [5, 5.41) is 12.0. The van der Waals surface area contributed by atoms with Crippen LogP contribution in [0.5, 0.6) is 0 Å². The lowest BCUT2D eigenvalue weighted by molar-refractivity contribution is -0.117. The van der Waals surface area contributed by atoms with E-state index >= 15 is 0 Å². The Kier molecular flexibility index (Phi) is 4.32. The lowest BCUT2D eigenvalue weighted by Gasteiger charge is -2.10. The fraction of sp³-hybridized carbons (Fsp3) is 0.217. The normalized spacial score (nSPS) is 13.5. The average molecular weight is 440 g/mol. The Morgan fingerprint density at radius 3 is 2.76 bits per heavy atom. The summed E-state index contributed by atoms with van der Waals surface area (Å²) in [5.74, 6) is 2.32. The van der Waals surface area contributed by atoms with Crippen molar-refractivity contribution >= 4 is 39.4 Å². The first-order valence-electron chi connectivity index (χ1n) is 10.6. The van der Waals surface area contributed by atoms with Crippen molar-refractivity contribution in [2.24, 2.45) is 13.0 Å². The number of hydrogen-bond acceptors (Lipinski definition) is 8. The van der Waals surface area contributed by atoms with E-state index in [1.807, 2.05) is 31.3 Å². The number of oxazole rings is 1. The monoisotopic (exact) mass is 440 g/mol. The van der Waals surface area contributed by atoms with Crippen molar-refractivity contribution in [2.75, 3.05) is 17.7 Å². The maximum atomic E-state index is 12.2. The van der Waals surface area contributed by atoms with E-state index in [2.05, 4.69) is 30.7 Å². The van der Waals surface area contributed by atoms with Gasteiger partial charge in [0.15, 0.2) is 11.4 Å². The van der Waals surface area contributed by atoms with Crippen molar-refractivity contribution < 1.29 is 9.21 Å². The molecule has 1 amide bonds. The summed E-state index contributed by atoms with van der Waals surface area (Å²) in [6, 6.07) is 7.50. The standard InChI is InChI=1S/C23H20N8O2/c1-24-21-15-9-25-19(29-22(32)12-3-4-12)8-14(15)16(10-26-21)23-28-17-7-13(5-6-18(17)33-23)20-27-11-31(2)30-20/h5-12H,3-4H2,1-2H3,(H,24,26)(H,25,29,32). The fourth-order valence-corrected chi connectivity index (χ4v) is 3.80. The number of hydrogen-bond donors (Lipinski definition) is 2. The summed E-state index contributed by atoms with van der Waals surface area (Å²) >= 11 is 0. The molecule has 2 N–H and O–H groups in total. The predicted octanol–water partition coefficient (Wildman–Crippen LogP) is 3.62. The van der Waals surface area contributed by atoms with Crippen molar-refractivity contribution in [3.05, 3.63) is 43.0 Å². The van der Waals surface area contributed by atoms with Gasteiger partial charge in [0.25, 0.3) is 0 Å². The van der Waals surface area contributed by atoms with Crippen LogP contribution in [0.1, 0.15) is 12.8 Å². The highest BCUT2D eigenvalue weighted by Gasteiger charge is 2.30. The number of amides is 1. The molecule has 1 aliphatic rings. The largest absolute Gasteiger partial charge is 0.436 e. The number of aryl methyl sites for hydroxylation is 1. The molecular weight excluding hydrogens is 420 g/mol. The van der Waals surface area contributed by atoms with E-state index in [9.17, 15) is 4.79 Å². The van der Waals surface area contributed by atoms with Crippen molar-refractivity contribution in [1.82, 2.24) is 29.7 Å². The van der Waals surface area contributed by atoms with Crippen LogP contribution >= 0.6 is 0 Å². The zero-order chi connectivity index (χ0) is 22.5. The molecule has 4 aromatic heterocycles. The van der Waals surface area contributed by atoms with Gasteiger partial charge in [-0.25, -0.2) is 19.9 Å². The van der Waals surface area contributed by atoms with Crippen LogP contribution in [-0.2, 0) is 11.8 Å². The third-order valence-corrected chi connectivity index (χ3v) is 5.68. The number of nitrogens with zero attached hydrogens (tertiary/aromatic N) is 6. The number of fused-ring (bicyclic) bond motifs is 2. The molecule has 1 fully saturated rings. The molecule has 0 saturated heterocycles. The van der Waals surface area contributed by atoms with Gasteiger partial charge in [0.2, 0.25) is 11.8 Å². The first-order valence-corrected chi connectivity index (χ1v) is 10.6. The third-order valence-electron chi connectivity index (χ3n) is 5.68. The van der Waals surface area contributed by atoms with Crippen LogP contribution in [0.3, 0.4) is 0 Å². The highest BCUT2D eigenvalue weighted by atomic mass is 16.3. The van der Waals surface area contributed by atoms with Crippen molar-refractivity contribution in [2.45, 2.75) is 12.8 Å². The molecule has 164 valence electrons. The molecule has 10 heteroatoms. The van der Waals surface area contributed by atoms with Crippen molar-refractivity contribution in [3.63, 3.8) is 0 Å². The summed E-state index contributed by atoms with van der Waals surface area (Å²) in [7, 11) is 3.63. The Hall–Kier alpha value is -4.34. The summed E-state index contributed by atoms with van der Waals surface area (Å²) in [6.45, 7) is 0. The lowest BCUT2D eigenvalue weighted by Crippen LogP contribution is -2.14. The number of carbonyl (C=O) groups excluding carboxylic acids is 1. The molecule has 1 aliphatic carbocycles. The second-order valence-electron chi connectivity index (χ2n) is 8.09. The molecule has 0 bridgehead atoms. The van der Waals surface area contributed by atoms with E-state index < -0.39 is 0 Å². The summed E-state index contributed by atoms with van der Waals surface area (Å²) < 4.78 is 7.73. The Morgan fingerprint density at radius 2 is 2.00 bits per heavy atom. The molecule has 0 spiro atoms. The molecule has 10 nitrogen and oxygen atoms in total. The van der Waals surface area contributed by atoms with Crippen LogP contribution in [0, 0.1) is 5.92 Å². The molecule has 0 unspecified atom stereocenters. The van der Waals surface area contributed by atoms with Crippen molar-refractivity contribution in [3.8, 4) is 22.8 Å². The molecule has 0 atom stereocenters.